The Hall–Kier alpha value is -3.27. The lowest BCUT2D eigenvalue weighted by atomic mass is 9.76. The molecule has 10 nitrogen and oxygen atoms in total. The van der Waals surface area contributed by atoms with Crippen molar-refractivity contribution >= 4 is 29.3 Å². The Balaban J connectivity index is 1.38. The van der Waals surface area contributed by atoms with Crippen LogP contribution in [0.5, 0.6) is 5.88 Å². The smallest absolute Gasteiger partial charge is 0.244 e. The van der Waals surface area contributed by atoms with E-state index in [0.717, 1.165) is 43.5 Å². The summed E-state index contributed by atoms with van der Waals surface area (Å²) in [6.07, 6.45) is 8.29. The molecule has 5 rings (SSSR count). The van der Waals surface area contributed by atoms with Crippen LogP contribution < -0.4 is 20.3 Å². The van der Waals surface area contributed by atoms with Gasteiger partial charge < -0.3 is 20.3 Å². The molecule has 2 aromatic heterocycles. The Morgan fingerprint density at radius 2 is 2.03 bits per heavy atom. The number of aromatic nitrogens is 3. The Morgan fingerprint density at radius 3 is 2.71 bits per heavy atom. The minimum absolute atomic E-state index is 0.0693. The average Bonchev–Trinajstić information content (AvgIpc) is 3.47. The van der Waals surface area contributed by atoms with E-state index in [0.29, 0.717) is 43.6 Å². The van der Waals surface area contributed by atoms with Crippen LogP contribution in [0.3, 0.4) is 0 Å². The Bertz CT molecular complexity index is 1070. The standard InChI is InChI=1S/C24H31N7O3/c1-30(2)11-12-34-19-8-7-17(15-26-19)28-23-27-14-16-13-24(9-10-25-21(24)32)22(33)31(20(16)29-23)18-5-3-4-6-18/h7-8,14-15,18H,3-6,9-13H2,1-2H3,(H,25,32)(H,27,28,29). The first-order valence-electron chi connectivity index (χ1n) is 11.9. The Kier molecular flexibility index (Phi) is 6.07. The number of carbonyl (C=O) groups is 2. The van der Waals surface area contributed by atoms with E-state index in [9.17, 15) is 9.59 Å². The van der Waals surface area contributed by atoms with Crippen molar-refractivity contribution in [1.29, 1.82) is 0 Å². The monoisotopic (exact) mass is 465 g/mol. The highest BCUT2D eigenvalue weighted by Crippen LogP contribution is 2.44. The Labute approximate surface area is 199 Å². The number of nitrogens with one attached hydrogen (secondary N) is 2. The summed E-state index contributed by atoms with van der Waals surface area (Å²) in [5, 5.41) is 6.05. The molecule has 1 aliphatic carbocycles. The molecular weight excluding hydrogens is 434 g/mol. The summed E-state index contributed by atoms with van der Waals surface area (Å²) in [5.74, 6) is 1.28. The second kappa shape index (κ2) is 9.17. The largest absolute Gasteiger partial charge is 0.476 e. The van der Waals surface area contributed by atoms with Gasteiger partial charge in [-0.1, -0.05) is 12.8 Å². The molecular formula is C24H31N7O3. The van der Waals surface area contributed by atoms with Crippen molar-refractivity contribution in [2.24, 2.45) is 5.41 Å². The maximum Gasteiger partial charge on any atom is 0.244 e. The number of nitrogens with zero attached hydrogens (tertiary/aromatic N) is 5. The van der Waals surface area contributed by atoms with Gasteiger partial charge in [-0.3, -0.25) is 14.5 Å². The van der Waals surface area contributed by atoms with Gasteiger partial charge in [0.1, 0.15) is 17.8 Å². The zero-order chi connectivity index (χ0) is 23.7. The van der Waals surface area contributed by atoms with E-state index in [4.69, 9.17) is 9.72 Å². The van der Waals surface area contributed by atoms with Gasteiger partial charge in [-0.15, -0.1) is 0 Å². The van der Waals surface area contributed by atoms with Gasteiger partial charge in [0.25, 0.3) is 0 Å². The molecule has 1 saturated heterocycles. The number of hydrogen-bond acceptors (Lipinski definition) is 8. The van der Waals surface area contributed by atoms with Crippen LogP contribution in [-0.4, -0.2) is 71.5 Å². The number of likely N-dealkylation sites (N-methyl/N-ethyl adjacent to an activating group) is 1. The third-order valence-electron chi connectivity index (χ3n) is 6.93. The molecule has 0 radical (unpaired) electrons. The summed E-state index contributed by atoms with van der Waals surface area (Å²) in [5.41, 5.74) is 0.540. The second-order valence-corrected chi connectivity index (χ2v) is 9.58. The summed E-state index contributed by atoms with van der Waals surface area (Å²) >= 11 is 0. The number of hydrogen-bond donors (Lipinski definition) is 2. The lowest BCUT2D eigenvalue weighted by Crippen LogP contribution is -2.56. The molecule has 3 aliphatic rings. The lowest BCUT2D eigenvalue weighted by Gasteiger charge is -2.40. The van der Waals surface area contributed by atoms with E-state index < -0.39 is 5.41 Å². The SMILES string of the molecule is CN(C)CCOc1ccc(Nc2ncc3c(n2)N(C2CCCC2)C(=O)C2(CCNC2=O)C3)cn1. The molecule has 1 atom stereocenters. The number of pyridine rings is 1. The number of rotatable bonds is 7. The summed E-state index contributed by atoms with van der Waals surface area (Å²) < 4.78 is 5.65. The van der Waals surface area contributed by atoms with Crippen molar-refractivity contribution in [2.75, 3.05) is 44.0 Å². The molecule has 2 aliphatic heterocycles. The molecule has 34 heavy (non-hydrogen) atoms. The molecule has 2 N–H and O–H groups in total. The zero-order valence-electron chi connectivity index (χ0n) is 19.7. The van der Waals surface area contributed by atoms with Gasteiger partial charge in [0.05, 0.1) is 11.9 Å². The molecule has 1 saturated carbocycles. The molecule has 0 bridgehead atoms. The number of ether oxygens (including phenoxy) is 1. The minimum Gasteiger partial charge on any atom is -0.476 e. The summed E-state index contributed by atoms with van der Waals surface area (Å²) in [6.45, 7) is 1.90. The fraction of sp³-hybridized carbons (Fsp3) is 0.542. The lowest BCUT2D eigenvalue weighted by molar-refractivity contribution is -0.140. The van der Waals surface area contributed by atoms with E-state index in [1.165, 1.54) is 0 Å². The number of anilines is 3. The van der Waals surface area contributed by atoms with Crippen LogP contribution in [0.2, 0.25) is 0 Å². The van der Waals surface area contributed by atoms with Gasteiger partial charge >= 0.3 is 0 Å². The predicted molar refractivity (Wildman–Crippen MR) is 127 cm³/mol. The van der Waals surface area contributed by atoms with Crippen molar-refractivity contribution < 1.29 is 14.3 Å². The molecule has 4 heterocycles. The maximum absolute atomic E-state index is 13.7. The van der Waals surface area contributed by atoms with Crippen LogP contribution >= 0.6 is 0 Å². The van der Waals surface area contributed by atoms with Gasteiger partial charge in [-0.2, -0.15) is 4.98 Å². The zero-order valence-corrected chi connectivity index (χ0v) is 19.7. The first-order valence-corrected chi connectivity index (χ1v) is 11.9. The number of carbonyl (C=O) groups excluding carboxylic acids is 2. The van der Waals surface area contributed by atoms with Crippen LogP contribution in [-0.2, 0) is 16.0 Å². The van der Waals surface area contributed by atoms with Crippen molar-refractivity contribution in [1.82, 2.24) is 25.2 Å². The molecule has 1 unspecified atom stereocenters. The molecule has 2 fully saturated rings. The number of fused-ring (bicyclic) bond motifs is 1. The summed E-state index contributed by atoms with van der Waals surface area (Å²) in [7, 11) is 3.98. The maximum atomic E-state index is 13.7. The first-order chi connectivity index (χ1) is 16.5. The van der Waals surface area contributed by atoms with Gasteiger partial charge in [0, 0.05) is 43.4 Å². The van der Waals surface area contributed by atoms with Crippen LogP contribution in [0.1, 0.15) is 37.7 Å². The second-order valence-electron chi connectivity index (χ2n) is 9.58. The molecule has 180 valence electrons. The number of amides is 2. The van der Waals surface area contributed by atoms with Crippen LogP contribution in [0, 0.1) is 5.41 Å². The highest BCUT2D eigenvalue weighted by molar-refractivity contribution is 6.14. The molecule has 1 spiro atoms. The molecule has 2 aromatic rings. The fourth-order valence-corrected chi connectivity index (χ4v) is 5.07. The van der Waals surface area contributed by atoms with Crippen LogP contribution in [0.25, 0.3) is 0 Å². The third-order valence-corrected chi connectivity index (χ3v) is 6.93. The quantitative estimate of drug-likeness (QED) is 0.596. The van der Waals surface area contributed by atoms with Crippen molar-refractivity contribution in [2.45, 2.75) is 44.6 Å². The highest BCUT2D eigenvalue weighted by atomic mass is 16.5. The van der Waals surface area contributed by atoms with E-state index in [2.05, 4.69) is 20.6 Å². The highest BCUT2D eigenvalue weighted by Gasteiger charge is 2.56. The Morgan fingerprint density at radius 1 is 1.21 bits per heavy atom. The van der Waals surface area contributed by atoms with E-state index in [1.54, 1.807) is 23.4 Å². The average molecular weight is 466 g/mol. The predicted octanol–water partition coefficient (Wildman–Crippen LogP) is 1.89. The molecule has 2 amide bonds. The van der Waals surface area contributed by atoms with Crippen LogP contribution in [0.4, 0.5) is 17.5 Å². The summed E-state index contributed by atoms with van der Waals surface area (Å²) in [6, 6.07) is 3.73. The minimum atomic E-state index is -1.03. The molecule has 10 heteroatoms. The van der Waals surface area contributed by atoms with Gasteiger partial charge in [-0.05, 0) is 39.4 Å². The van der Waals surface area contributed by atoms with Gasteiger partial charge in [-0.25, -0.2) is 9.97 Å². The third kappa shape index (κ3) is 4.18. The van der Waals surface area contributed by atoms with Gasteiger partial charge in [0.15, 0.2) is 0 Å². The summed E-state index contributed by atoms with van der Waals surface area (Å²) in [4.78, 5) is 43.8. The van der Waals surface area contributed by atoms with Crippen LogP contribution in [0.15, 0.2) is 24.5 Å². The topological polar surface area (TPSA) is 113 Å². The molecule has 0 aromatic carbocycles. The van der Waals surface area contributed by atoms with Gasteiger partial charge in [0.2, 0.25) is 23.6 Å². The normalized spacial score (nSPS) is 22.4. The van der Waals surface area contributed by atoms with Crippen molar-refractivity contribution in [3.05, 3.63) is 30.1 Å². The first kappa shape index (κ1) is 22.5. The van der Waals surface area contributed by atoms with E-state index >= 15 is 0 Å². The van der Waals surface area contributed by atoms with Crippen molar-refractivity contribution in [3.63, 3.8) is 0 Å². The van der Waals surface area contributed by atoms with E-state index in [-0.39, 0.29) is 17.9 Å². The van der Waals surface area contributed by atoms with E-state index in [1.807, 2.05) is 25.1 Å². The fourth-order valence-electron chi connectivity index (χ4n) is 5.07. The van der Waals surface area contributed by atoms with Crippen molar-refractivity contribution in [3.8, 4) is 5.88 Å².